The molecular formula is C13H19BrF2NO2+. The Morgan fingerprint density at radius 2 is 1.84 bits per heavy atom. The van der Waals surface area contributed by atoms with Crippen molar-refractivity contribution in [2.24, 2.45) is 0 Å². The third-order valence-electron chi connectivity index (χ3n) is 2.39. The minimum atomic E-state index is -0.793. The van der Waals surface area contributed by atoms with Crippen LogP contribution in [0.15, 0.2) is 16.6 Å². The molecule has 3 N–H and O–H groups in total. The normalized spacial score (nSPS) is 13.4. The van der Waals surface area contributed by atoms with E-state index in [4.69, 9.17) is 4.74 Å². The lowest BCUT2D eigenvalue weighted by atomic mass is 10.1. The number of hydrogen-bond donors (Lipinski definition) is 2. The predicted molar refractivity (Wildman–Crippen MR) is 72.1 cm³/mol. The van der Waals surface area contributed by atoms with E-state index >= 15 is 0 Å². The van der Waals surface area contributed by atoms with Gasteiger partial charge in [0.25, 0.3) is 0 Å². The fourth-order valence-electron chi connectivity index (χ4n) is 1.40. The highest BCUT2D eigenvalue weighted by Crippen LogP contribution is 2.25. The van der Waals surface area contributed by atoms with Crippen LogP contribution < -0.4 is 10.1 Å². The zero-order valence-corrected chi connectivity index (χ0v) is 12.8. The molecule has 0 heterocycles. The maximum Gasteiger partial charge on any atom is 0.190 e. The fourth-order valence-corrected chi connectivity index (χ4v) is 1.81. The van der Waals surface area contributed by atoms with Crippen molar-refractivity contribution in [2.45, 2.75) is 32.4 Å². The third-order valence-corrected chi connectivity index (χ3v) is 2.84. The maximum absolute atomic E-state index is 13.5. The number of nitrogens with two attached hydrogens (primary N) is 1. The van der Waals surface area contributed by atoms with E-state index in [1.807, 2.05) is 26.1 Å². The monoisotopic (exact) mass is 338 g/mol. The van der Waals surface area contributed by atoms with Gasteiger partial charge in [0.1, 0.15) is 19.3 Å². The van der Waals surface area contributed by atoms with Crippen molar-refractivity contribution in [3.05, 3.63) is 28.2 Å². The molecule has 3 nitrogen and oxygen atoms in total. The zero-order valence-electron chi connectivity index (χ0n) is 11.2. The van der Waals surface area contributed by atoms with Gasteiger partial charge in [-0.2, -0.15) is 0 Å². The number of aliphatic hydroxyl groups excluding tert-OH is 1. The fraction of sp³-hybridized carbons (Fsp3) is 0.538. The van der Waals surface area contributed by atoms with E-state index < -0.39 is 23.5 Å². The lowest BCUT2D eigenvalue weighted by Gasteiger charge is -2.19. The highest BCUT2D eigenvalue weighted by molar-refractivity contribution is 9.10. The number of rotatable bonds is 5. The summed E-state index contributed by atoms with van der Waals surface area (Å²) in [6, 6.07) is 2.23. The molecule has 19 heavy (non-hydrogen) atoms. The SMILES string of the molecule is CC(C)(C)[NH2+]C[C@H](O)COc1c(F)cc(Br)cc1F. The second-order valence-corrected chi connectivity index (χ2v) is 6.38. The Morgan fingerprint density at radius 3 is 2.32 bits per heavy atom. The lowest BCUT2D eigenvalue weighted by Crippen LogP contribution is -2.96. The van der Waals surface area contributed by atoms with Gasteiger partial charge in [-0.05, 0) is 32.9 Å². The number of quaternary nitrogens is 1. The largest absolute Gasteiger partial charge is 0.485 e. The van der Waals surface area contributed by atoms with Gasteiger partial charge in [0, 0.05) is 4.47 Å². The third kappa shape index (κ3) is 5.84. The molecule has 0 unspecified atom stereocenters. The highest BCUT2D eigenvalue weighted by Gasteiger charge is 2.18. The first-order valence-corrected chi connectivity index (χ1v) is 6.78. The first-order valence-electron chi connectivity index (χ1n) is 5.99. The van der Waals surface area contributed by atoms with Gasteiger partial charge in [0.15, 0.2) is 17.4 Å². The van der Waals surface area contributed by atoms with Gasteiger partial charge >= 0.3 is 0 Å². The molecule has 0 amide bonds. The molecule has 1 aromatic rings. The van der Waals surface area contributed by atoms with E-state index in [1.54, 1.807) is 0 Å². The van der Waals surface area contributed by atoms with Crippen molar-refractivity contribution in [2.75, 3.05) is 13.2 Å². The molecule has 0 saturated heterocycles. The Balaban J connectivity index is 2.53. The Bertz CT molecular complexity index is 412. The Morgan fingerprint density at radius 1 is 1.32 bits per heavy atom. The molecule has 0 aliphatic rings. The van der Waals surface area contributed by atoms with E-state index in [0.29, 0.717) is 11.0 Å². The van der Waals surface area contributed by atoms with Gasteiger partial charge < -0.3 is 15.2 Å². The van der Waals surface area contributed by atoms with E-state index in [1.165, 1.54) is 0 Å². The predicted octanol–water partition coefficient (Wildman–Crippen LogP) is 1.83. The van der Waals surface area contributed by atoms with Crippen LogP contribution in [-0.2, 0) is 0 Å². The van der Waals surface area contributed by atoms with Crippen molar-refractivity contribution in [3.63, 3.8) is 0 Å². The second-order valence-electron chi connectivity index (χ2n) is 5.47. The number of hydrogen-bond acceptors (Lipinski definition) is 2. The molecule has 1 aromatic carbocycles. The standard InChI is InChI=1S/C13H18BrF2NO2/c1-13(2,3)17-6-9(18)7-19-12-10(15)4-8(14)5-11(12)16/h4-5,9,17-18H,6-7H2,1-3H3/p+1/t9-/m0/s1. The van der Waals surface area contributed by atoms with Gasteiger partial charge in [-0.15, -0.1) is 0 Å². The first-order chi connectivity index (χ1) is 8.69. The van der Waals surface area contributed by atoms with E-state index in [9.17, 15) is 13.9 Å². The average Bonchev–Trinajstić information content (AvgIpc) is 2.23. The smallest absolute Gasteiger partial charge is 0.190 e. The van der Waals surface area contributed by atoms with E-state index in [2.05, 4.69) is 15.9 Å². The maximum atomic E-state index is 13.5. The summed E-state index contributed by atoms with van der Waals surface area (Å²) in [5.41, 5.74) is -0.0188. The molecule has 0 aliphatic heterocycles. The molecular weight excluding hydrogens is 320 g/mol. The highest BCUT2D eigenvalue weighted by atomic mass is 79.9. The van der Waals surface area contributed by atoms with Crippen molar-refractivity contribution in [1.29, 1.82) is 0 Å². The summed E-state index contributed by atoms with van der Waals surface area (Å²) < 4.78 is 32.2. The second kappa shape index (κ2) is 6.63. The Kier molecular flexibility index (Phi) is 5.70. The summed E-state index contributed by atoms with van der Waals surface area (Å²) in [5.74, 6) is -2.05. The van der Waals surface area contributed by atoms with Crippen LogP contribution in [0.4, 0.5) is 8.78 Å². The number of halogens is 3. The Labute approximate surface area is 120 Å². The number of benzene rings is 1. The molecule has 0 fully saturated rings. The van der Waals surface area contributed by atoms with Crippen LogP contribution >= 0.6 is 15.9 Å². The van der Waals surface area contributed by atoms with Crippen LogP contribution in [0.2, 0.25) is 0 Å². The summed E-state index contributed by atoms with van der Waals surface area (Å²) in [7, 11) is 0. The van der Waals surface area contributed by atoms with Crippen LogP contribution in [-0.4, -0.2) is 29.9 Å². The minimum absolute atomic E-state index is 0.0188. The van der Waals surface area contributed by atoms with Gasteiger partial charge in [-0.1, -0.05) is 15.9 Å². The molecule has 0 bridgehead atoms. The minimum Gasteiger partial charge on any atom is -0.485 e. The quantitative estimate of drug-likeness (QED) is 0.860. The van der Waals surface area contributed by atoms with Crippen molar-refractivity contribution in [1.82, 2.24) is 0 Å². The molecule has 1 rings (SSSR count). The van der Waals surface area contributed by atoms with Crippen LogP contribution in [0.3, 0.4) is 0 Å². The van der Waals surface area contributed by atoms with Crippen LogP contribution in [0.5, 0.6) is 5.75 Å². The summed E-state index contributed by atoms with van der Waals surface area (Å²) in [5, 5.41) is 11.6. The summed E-state index contributed by atoms with van der Waals surface area (Å²) in [6.07, 6.45) is -0.790. The molecule has 6 heteroatoms. The molecule has 0 aliphatic carbocycles. The lowest BCUT2D eigenvalue weighted by molar-refractivity contribution is -0.722. The van der Waals surface area contributed by atoms with Crippen LogP contribution in [0.25, 0.3) is 0 Å². The molecule has 0 aromatic heterocycles. The topological polar surface area (TPSA) is 46.1 Å². The Hall–Kier alpha value is -0.720. The first kappa shape index (κ1) is 16.3. The van der Waals surface area contributed by atoms with E-state index in [-0.39, 0.29) is 12.1 Å². The van der Waals surface area contributed by atoms with Gasteiger partial charge in [0.05, 0.1) is 5.54 Å². The van der Waals surface area contributed by atoms with Gasteiger partial charge in [-0.3, -0.25) is 0 Å². The van der Waals surface area contributed by atoms with Gasteiger partial charge in [-0.25, -0.2) is 8.78 Å². The summed E-state index contributed by atoms with van der Waals surface area (Å²) in [6.45, 7) is 6.28. The summed E-state index contributed by atoms with van der Waals surface area (Å²) in [4.78, 5) is 0. The molecule has 108 valence electrons. The summed E-state index contributed by atoms with van der Waals surface area (Å²) >= 11 is 2.98. The average molecular weight is 339 g/mol. The number of ether oxygens (including phenoxy) is 1. The molecule has 0 saturated carbocycles. The molecule has 0 radical (unpaired) electrons. The zero-order chi connectivity index (χ0) is 14.6. The van der Waals surface area contributed by atoms with E-state index in [0.717, 1.165) is 12.1 Å². The molecule has 1 atom stereocenters. The number of aliphatic hydroxyl groups is 1. The van der Waals surface area contributed by atoms with Crippen molar-refractivity contribution < 1.29 is 23.9 Å². The van der Waals surface area contributed by atoms with Crippen LogP contribution in [0.1, 0.15) is 20.8 Å². The van der Waals surface area contributed by atoms with Crippen molar-refractivity contribution in [3.8, 4) is 5.75 Å². The molecule has 0 spiro atoms. The van der Waals surface area contributed by atoms with Gasteiger partial charge in [0.2, 0.25) is 0 Å². The van der Waals surface area contributed by atoms with Crippen molar-refractivity contribution >= 4 is 15.9 Å². The van der Waals surface area contributed by atoms with Crippen LogP contribution in [0, 0.1) is 11.6 Å².